The highest BCUT2D eigenvalue weighted by atomic mass is 35.5. The van der Waals surface area contributed by atoms with Crippen LogP contribution in [0.1, 0.15) is 11.8 Å². The highest BCUT2D eigenvalue weighted by Gasteiger charge is 2.13. The number of halogens is 3. The number of hydrogen-bond donors (Lipinski definition) is 0. The number of fused-ring (bicyclic) bond motifs is 1. The van der Waals surface area contributed by atoms with Gasteiger partial charge in [-0.2, -0.15) is 4.98 Å². The van der Waals surface area contributed by atoms with Crippen LogP contribution in [0.4, 0.5) is 0 Å². The fourth-order valence-electron chi connectivity index (χ4n) is 1.87. The van der Waals surface area contributed by atoms with Crippen LogP contribution < -0.4 is 4.74 Å². The number of ether oxygens (including phenoxy) is 1. The Balaban J connectivity index is 2.08. The van der Waals surface area contributed by atoms with Crippen molar-refractivity contribution in [3.63, 3.8) is 0 Å². The van der Waals surface area contributed by atoms with Crippen molar-refractivity contribution in [2.24, 2.45) is 0 Å². The van der Waals surface area contributed by atoms with E-state index >= 15 is 0 Å². The van der Waals surface area contributed by atoms with Crippen molar-refractivity contribution in [3.8, 4) is 11.6 Å². The highest BCUT2D eigenvalue weighted by Crippen LogP contribution is 2.35. The second-order valence-corrected chi connectivity index (χ2v) is 6.62. The number of hydrogen-bond acceptors (Lipinski definition) is 4. The van der Waals surface area contributed by atoms with Crippen LogP contribution >= 0.6 is 46.1 Å². The van der Waals surface area contributed by atoms with Crippen molar-refractivity contribution in [2.75, 3.05) is 0 Å². The molecule has 21 heavy (non-hydrogen) atoms. The van der Waals surface area contributed by atoms with Crippen LogP contribution in [-0.4, -0.2) is 9.97 Å². The number of aryl methyl sites for hydroxylation is 1. The second-order valence-electron chi connectivity index (χ2n) is 4.29. The summed E-state index contributed by atoms with van der Waals surface area (Å²) in [5.41, 5.74) is 0. The molecule has 0 aliphatic carbocycles. The largest absolute Gasteiger partial charge is 0.438 e. The van der Waals surface area contributed by atoms with Gasteiger partial charge >= 0.3 is 0 Å². The molecule has 3 rings (SSSR count). The van der Waals surface area contributed by atoms with E-state index in [0.717, 1.165) is 16.6 Å². The lowest BCUT2D eigenvalue weighted by Crippen LogP contribution is -1.91. The van der Waals surface area contributed by atoms with E-state index in [2.05, 4.69) is 16.9 Å². The number of thiophene rings is 1. The topological polar surface area (TPSA) is 35.0 Å². The molecule has 0 aliphatic rings. The van der Waals surface area contributed by atoms with Gasteiger partial charge in [0.1, 0.15) is 10.6 Å². The number of nitrogens with zero attached hydrogens (tertiary/aromatic N) is 2. The lowest BCUT2D eigenvalue weighted by atomic mass is 10.3. The van der Waals surface area contributed by atoms with Crippen LogP contribution in [0.2, 0.25) is 15.3 Å². The Bertz CT molecular complexity index is 799. The maximum atomic E-state index is 5.97. The molecule has 0 amide bonds. The van der Waals surface area contributed by atoms with Crippen LogP contribution in [-0.2, 0) is 6.42 Å². The maximum absolute atomic E-state index is 5.97. The average Bonchev–Trinajstić information content (AvgIpc) is 2.80. The Morgan fingerprint density at radius 3 is 2.43 bits per heavy atom. The SMILES string of the molecule is CCc1cc2c(Oc3cc(Cl)cc(Cl)c3)nc(Cl)nc2s1. The van der Waals surface area contributed by atoms with Gasteiger partial charge in [0.15, 0.2) is 0 Å². The van der Waals surface area contributed by atoms with Crippen molar-refractivity contribution < 1.29 is 4.74 Å². The van der Waals surface area contributed by atoms with Crippen molar-refractivity contribution in [3.05, 3.63) is 44.5 Å². The minimum absolute atomic E-state index is 0.148. The van der Waals surface area contributed by atoms with Gasteiger partial charge in [0.05, 0.1) is 5.39 Å². The minimum atomic E-state index is 0.148. The van der Waals surface area contributed by atoms with E-state index in [-0.39, 0.29) is 5.28 Å². The highest BCUT2D eigenvalue weighted by molar-refractivity contribution is 7.18. The Labute approximate surface area is 140 Å². The average molecular weight is 360 g/mol. The van der Waals surface area contributed by atoms with Gasteiger partial charge < -0.3 is 4.74 Å². The first kappa shape index (κ1) is 14.9. The van der Waals surface area contributed by atoms with Crippen molar-refractivity contribution in [1.82, 2.24) is 9.97 Å². The standard InChI is InChI=1S/C14H9Cl3N2OS/c1-2-10-6-11-12(18-14(17)19-13(11)21-10)20-9-4-7(15)3-8(16)5-9/h3-6H,2H2,1H3. The molecule has 1 aromatic carbocycles. The zero-order valence-electron chi connectivity index (χ0n) is 10.9. The van der Waals surface area contributed by atoms with E-state index in [0.29, 0.717) is 21.7 Å². The van der Waals surface area contributed by atoms with Crippen molar-refractivity contribution in [1.29, 1.82) is 0 Å². The summed E-state index contributed by atoms with van der Waals surface area (Å²) in [6.45, 7) is 2.08. The molecule has 0 unspecified atom stereocenters. The van der Waals surface area contributed by atoms with Gasteiger partial charge in [-0.15, -0.1) is 11.3 Å². The molecular formula is C14H9Cl3N2OS. The summed E-state index contributed by atoms with van der Waals surface area (Å²) in [6.07, 6.45) is 0.918. The third kappa shape index (κ3) is 3.24. The Hall–Kier alpha value is -1.07. The smallest absolute Gasteiger partial charge is 0.232 e. The molecule has 0 aliphatic heterocycles. The molecule has 2 aromatic heterocycles. The fourth-order valence-corrected chi connectivity index (χ4v) is 3.55. The van der Waals surface area contributed by atoms with Gasteiger partial charge in [-0.25, -0.2) is 4.98 Å². The van der Waals surface area contributed by atoms with Crippen molar-refractivity contribution in [2.45, 2.75) is 13.3 Å². The summed E-state index contributed by atoms with van der Waals surface area (Å²) >= 11 is 19.5. The Kier molecular flexibility index (Phi) is 4.22. The van der Waals surface area contributed by atoms with Crippen LogP contribution in [0.3, 0.4) is 0 Å². The van der Waals surface area contributed by atoms with Gasteiger partial charge in [-0.05, 0) is 42.3 Å². The molecule has 108 valence electrons. The monoisotopic (exact) mass is 358 g/mol. The molecule has 7 heteroatoms. The quantitative estimate of drug-likeness (QED) is 0.537. The molecule has 0 saturated carbocycles. The normalized spacial score (nSPS) is 11.0. The zero-order chi connectivity index (χ0) is 15.0. The van der Waals surface area contributed by atoms with Gasteiger partial charge in [0.2, 0.25) is 11.2 Å². The summed E-state index contributed by atoms with van der Waals surface area (Å²) in [5, 5.41) is 1.97. The van der Waals surface area contributed by atoms with E-state index in [9.17, 15) is 0 Å². The second kappa shape index (κ2) is 5.97. The molecule has 2 heterocycles. The zero-order valence-corrected chi connectivity index (χ0v) is 13.9. The molecule has 0 fully saturated rings. The maximum Gasteiger partial charge on any atom is 0.232 e. The molecule has 0 saturated heterocycles. The van der Waals surface area contributed by atoms with Gasteiger partial charge in [-0.3, -0.25) is 0 Å². The summed E-state index contributed by atoms with van der Waals surface area (Å²) in [5.74, 6) is 0.909. The molecule has 0 radical (unpaired) electrons. The molecule has 0 atom stereocenters. The lowest BCUT2D eigenvalue weighted by molar-refractivity contribution is 0.468. The summed E-state index contributed by atoms with van der Waals surface area (Å²) in [7, 11) is 0. The first-order valence-corrected chi connectivity index (χ1v) is 8.10. The summed E-state index contributed by atoms with van der Waals surface area (Å²) in [6, 6.07) is 6.99. The number of rotatable bonds is 3. The van der Waals surface area contributed by atoms with Crippen LogP contribution in [0.25, 0.3) is 10.2 Å². The Morgan fingerprint density at radius 2 is 1.76 bits per heavy atom. The van der Waals surface area contributed by atoms with E-state index in [1.54, 1.807) is 29.5 Å². The Morgan fingerprint density at radius 1 is 1.05 bits per heavy atom. The minimum Gasteiger partial charge on any atom is -0.438 e. The summed E-state index contributed by atoms with van der Waals surface area (Å²) in [4.78, 5) is 10.4. The number of aromatic nitrogens is 2. The molecular weight excluding hydrogens is 351 g/mol. The third-order valence-corrected chi connectivity index (χ3v) is 4.56. The molecule has 3 nitrogen and oxygen atoms in total. The predicted octanol–water partition coefficient (Wildman–Crippen LogP) is 6.01. The molecule has 0 N–H and O–H groups in total. The van der Waals surface area contributed by atoms with Gasteiger partial charge in [-0.1, -0.05) is 30.1 Å². The molecule has 3 aromatic rings. The van der Waals surface area contributed by atoms with Crippen LogP contribution in [0.15, 0.2) is 24.3 Å². The third-order valence-electron chi connectivity index (χ3n) is 2.78. The fraction of sp³-hybridized carbons (Fsp3) is 0.143. The summed E-state index contributed by atoms with van der Waals surface area (Å²) < 4.78 is 5.79. The lowest BCUT2D eigenvalue weighted by Gasteiger charge is -2.07. The first-order valence-electron chi connectivity index (χ1n) is 6.15. The first-order chi connectivity index (χ1) is 10.0. The van der Waals surface area contributed by atoms with E-state index < -0.39 is 0 Å². The van der Waals surface area contributed by atoms with Crippen molar-refractivity contribution >= 4 is 56.4 Å². The van der Waals surface area contributed by atoms with Gasteiger partial charge in [0.25, 0.3) is 0 Å². The predicted molar refractivity (Wildman–Crippen MR) is 88.3 cm³/mol. The van der Waals surface area contributed by atoms with E-state index in [1.807, 2.05) is 6.07 Å². The van der Waals surface area contributed by atoms with E-state index in [4.69, 9.17) is 39.5 Å². The van der Waals surface area contributed by atoms with E-state index in [1.165, 1.54) is 4.88 Å². The number of benzene rings is 1. The van der Waals surface area contributed by atoms with Crippen LogP contribution in [0.5, 0.6) is 11.6 Å². The van der Waals surface area contributed by atoms with Gasteiger partial charge in [0, 0.05) is 14.9 Å². The van der Waals surface area contributed by atoms with Crippen LogP contribution in [0, 0.1) is 0 Å². The molecule has 0 bridgehead atoms. The molecule has 0 spiro atoms.